The highest BCUT2D eigenvalue weighted by atomic mass is 16.3. The van der Waals surface area contributed by atoms with Gasteiger partial charge >= 0.3 is 0 Å². The van der Waals surface area contributed by atoms with Crippen molar-refractivity contribution in [2.24, 2.45) is 0 Å². The summed E-state index contributed by atoms with van der Waals surface area (Å²) < 4.78 is 0. The highest BCUT2D eigenvalue weighted by Gasteiger charge is 2.17. The van der Waals surface area contributed by atoms with Crippen molar-refractivity contribution >= 4 is 5.91 Å². The minimum Gasteiger partial charge on any atom is -0.394 e. The number of amides is 1. The maximum atomic E-state index is 12.0. The second kappa shape index (κ2) is 10.4. The van der Waals surface area contributed by atoms with Crippen molar-refractivity contribution in [1.29, 1.82) is 0 Å². The summed E-state index contributed by atoms with van der Waals surface area (Å²) in [5.41, 5.74) is 1.79. The van der Waals surface area contributed by atoms with Gasteiger partial charge in [-0.3, -0.25) is 4.79 Å². The lowest BCUT2D eigenvalue weighted by atomic mass is 10.0. The predicted octanol–water partition coefficient (Wildman–Crippen LogP) is 2.67. The van der Waals surface area contributed by atoms with E-state index in [0.29, 0.717) is 5.56 Å². The molecule has 4 heteroatoms. The number of benzene rings is 1. The Hall–Kier alpha value is -1.39. The third-order valence-electron chi connectivity index (χ3n) is 3.88. The van der Waals surface area contributed by atoms with Crippen LogP contribution >= 0.6 is 0 Å². The van der Waals surface area contributed by atoms with Gasteiger partial charge in [0.1, 0.15) is 0 Å². The molecule has 3 N–H and O–H groups in total. The SMILES string of the molecule is CCCCCCCc1ccc(C(=O)N[C@@H](CO)C(C)O)cc1. The Morgan fingerprint density at radius 1 is 1.14 bits per heavy atom. The third-order valence-corrected chi connectivity index (χ3v) is 3.88. The summed E-state index contributed by atoms with van der Waals surface area (Å²) in [4.78, 5) is 12.0. The quantitative estimate of drug-likeness (QED) is 0.582. The fourth-order valence-electron chi connectivity index (χ4n) is 2.33. The van der Waals surface area contributed by atoms with E-state index in [2.05, 4.69) is 12.2 Å². The zero-order valence-corrected chi connectivity index (χ0v) is 13.7. The average molecular weight is 307 g/mol. The van der Waals surface area contributed by atoms with Gasteiger partial charge in [0, 0.05) is 5.56 Å². The van der Waals surface area contributed by atoms with Gasteiger partial charge < -0.3 is 15.5 Å². The maximum Gasteiger partial charge on any atom is 0.251 e. The van der Waals surface area contributed by atoms with Crippen LogP contribution in [0.3, 0.4) is 0 Å². The molecule has 0 heterocycles. The Kier molecular flexibility index (Phi) is 8.78. The minimum absolute atomic E-state index is 0.269. The summed E-state index contributed by atoms with van der Waals surface area (Å²) in [7, 11) is 0. The van der Waals surface area contributed by atoms with E-state index in [4.69, 9.17) is 5.11 Å². The van der Waals surface area contributed by atoms with E-state index in [1.54, 1.807) is 19.1 Å². The molecule has 0 fully saturated rings. The molecule has 1 aromatic carbocycles. The van der Waals surface area contributed by atoms with Crippen molar-refractivity contribution in [3.8, 4) is 0 Å². The first-order chi connectivity index (χ1) is 10.6. The molecule has 22 heavy (non-hydrogen) atoms. The molecule has 0 saturated heterocycles. The lowest BCUT2D eigenvalue weighted by molar-refractivity contribution is 0.0758. The van der Waals surface area contributed by atoms with Crippen LogP contribution in [-0.4, -0.2) is 34.9 Å². The van der Waals surface area contributed by atoms with Crippen molar-refractivity contribution < 1.29 is 15.0 Å². The molecule has 1 amide bonds. The first-order valence-electron chi connectivity index (χ1n) is 8.27. The Morgan fingerprint density at radius 2 is 1.77 bits per heavy atom. The summed E-state index contributed by atoms with van der Waals surface area (Å²) in [6.45, 7) is 3.48. The third kappa shape index (κ3) is 6.58. The molecule has 0 radical (unpaired) electrons. The summed E-state index contributed by atoms with van der Waals surface area (Å²) in [6, 6.07) is 6.92. The van der Waals surface area contributed by atoms with E-state index in [0.717, 1.165) is 6.42 Å². The second-order valence-corrected chi connectivity index (χ2v) is 5.86. The zero-order valence-electron chi connectivity index (χ0n) is 13.7. The van der Waals surface area contributed by atoms with E-state index in [-0.39, 0.29) is 12.5 Å². The molecule has 0 saturated carbocycles. The standard InChI is InChI=1S/C18H29NO3/c1-3-4-5-6-7-8-15-9-11-16(12-10-15)18(22)19-17(13-20)14(2)21/h9-12,14,17,20-21H,3-8,13H2,1-2H3,(H,19,22)/t14?,17-/m0/s1. The molecule has 1 unspecified atom stereocenters. The number of rotatable bonds is 10. The number of hydrogen-bond acceptors (Lipinski definition) is 3. The minimum atomic E-state index is -0.781. The Balaban J connectivity index is 2.45. The molecule has 0 aliphatic heterocycles. The van der Waals surface area contributed by atoms with Gasteiger partial charge in [0.15, 0.2) is 0 Å². The van der Waals surface area contributed by atoms with Crippen LogP contribution < -0.4 is 5.32 Å². The number of hydrogen-bond donors (Lipinski definition) is 3. The number of nitrogens with one attached hydrogen (secondary N) is 1. The number of aliphatic hydroxyl groups excluding tert-OH is 2. The monoisotopic (exact) mass is 307 g/mol. The fraction of sp³-hybridized carbons (Fsp3) is 0.611. The largest absolute Gasteiger partial charge is 0.394 e. The van der Waals surface area contributed by atoms with E-state index < -0.39 is 12.1 Å². The van der Waals surface area contributed by atoms with Gasteiger partial charge in [0.2, 0.25) is 0 Å². The van der Waals surface area contributed by atoms with Crippen LogP contribution in [0.25, 0.3) is 0 Å². The van der Waals surface area contributed by atoms with Gasteiger partial charge in [0.05, 0.1) is 18.8 Å². The van der Waals surface area contributed by atoms with E-state index >= 15 is 0 Å². The molecule has 1 rings (SSSR count). The van der Waals surface area contributed by atoms with Gasteiger partial charge in [-0.25, -0.2) is 0 Å². The topological polar surface area (TPSA) is 69.6 Å². The highest BCUT2D eigenvalue weighted by molar-refractivity contribution is 5.94. The van der Waals surface area contributed by atoms with Crippen molar-refractivity contribution in [3.63, 3.8) is 0 Å². The zero-order chi connectivity index (χ0) is 16.4. The van der Waals surface area contributed by atoms with Gasteiger partial charge in [-0.15, -0.1) is 0 Å². The van der Waals surface area contributed by atoms with Crippen molar-refractivity contribution in [2.45, 2.75) is 64.5 Å². The van der Waals surface area contributed by atoms with Crippen LogP contribution in [0.4, 0.5) is 0 Å². The Morgan fingerprint density at radius 3 is 2.32 bits per heavy atom. The molecule has 0 aliphatic rings. The van der Waals surface area contributed by atoms with Crippen LogP contribution in [0.5, 0.6) is 0 Å². The number of aliphatic hydroxyl groups is 2. The van der Waals surface area contributed by atoms with Crippen molar-refractivity contribution in [3.05, 3.63) is 35.4 Å². The summed E-state index contributed by atoms with van der Waals surface area (Å²) >= 11 is 0. The van der Waals surface area contributed by atoms with Crippen LogP contribution in [0.1, 0.15) is 61.9 Å². The van der Waals surface area contributed by atoms with E-state index in [9.17, 15) is 9.90 Å². The van der Waals surface area contributed by atoms with Crippen LogP contribution in [0, 0.1) is 0 Å². The molecule has 124 valence electrons. The smallest absolute Gasteiger partial charge is 0.251 e. The first-order valence-corrected chi connectivity index (χ1v) is 8.27. The van der Waals surface area contributed by atoms with Crippen LogP contribution in [0.15, 0.2) is 24.3 Å². The van der Waals surface area contributed by atoms with E-state index in [1.807, 2.05) is 12.1 Å². The lowest BCUT2D eigenvalue weighted by Crippen LogP contribution is -2.44. The Labute approximate surface area is 133 Å². The van der Waals surface area contributed by atoms with Crippen LogP contribution in [-0.2, 0) is 6.42 Å². The maximum absolute atomic E-state index is 12.0. The van der Waals surface area contributed by atoms with Crippen LogP contribution in [0.2, 0.25) is 0 Å². The van der Waals surface area contributed by atoms with Gasteiger partial charge in [-0.2, -0.15) is 0 Å². The molecule has 1 aromatic rings. The molecule has 0 bridgehead atoms. The van der Waals surface area contributed by atoms with Gasteiger partial charge in [-0.05, 0) is 37.5 Å². The molecule has 0 aromatic heterocycles. The van der Waals surface area contributed by atoms with Crippen molar-refractivity contribution in [1.82, 2.24) is 5.32 Å². The molecular formula is C18H29NO3. The summed E-state index contributed by atoms with van der Waals surface area (Å²) in [6.07, 6.45) is 6.54. The number of aryl methyl sites for hydroxylation is 1. The summed E-state index contributed by atoms with van der Waals surface area (Å²) in [5, 5.41) is 21.2. The predicted molar refractivity (Wildman–Crippen MR) is 88.9 cm³/mol. The molecular weight excluding hydrogens is 278 g/mol. The number of carbonyl (C=O) groups excluding carboxylic acids is 1. The average Bonchev–Trinajstić information content (AvgIpc) is 2.52. The Bertz CT molecular complexity index is 428. The van der Waals surface area contributed by atoms with Gasteiger partial charge in [-0.1, -0.05) is 44.7 Å². The van der Waals surface area contributed by atoms with E-state index in [1.165, 1.54) is 37.7 Å². The van der Waals surface area contributed by atoms with Gasteiger partial charge in [0.25, 0.3) is 5.91 Å². The summed E-state index contributed by atoms with van der Waals surface area (Å²) in [5.74, 6) is -0.269. The molecule has 0 spiro atoms. The molecule has 4 nitrogen and oxygen atoms in total. The molecule has 2 atom stereocenters. The second-order valence-electron chi connectivity index (χ2n) is 5.86. The highest BCUT2D eigenvalue weighted by Crippen LogP contribution is 2.11. The number of carbonyl (C=O) groups is 1. The molecule has 0 aliphatic carbocycles. The van der Waals surface area contributed by atoms with Crippen molar-refractivity contribution in [2.75, 3.05) is 6.61 Å². The lowest BCUT2D eigenvalue weighted by Gasteiger charge is -2.19. The first kappa shape index (κ1) is 18.7. The number of unbranched alkanes of at least 4 members (excludes halogenated alkanes) is 4. The normalized spacial score (nSPS) is 13.6. The fourth-order valence-corrected chi connectivity index (χ4v) is 2.33.